The SMILES string of the molecule is Nc1ccc2c(c1S(=O)(=O)O)OC1=C(S(=O)(=O)O)C(N)C=CC1=C2c1ccccc1C(=O)O. The van der Waals surface area contributed by atoms with E-state index < -0.39 is 59.2 Å². The first-order valence-corrected chi connectivity index (χ1v) is 12.0. The van der Waals surface area contributed by atoms with Crippen LogP contribution < -0.4 is 16.2 Å². The van der Waals surface area contributed by atoms with Crippen LogP contribution in [0, 0.1) is 0 Å². The molecule has 2 aliphatic rings. The van der Waals surface area contributed by atoms with Gasteiger partial charge in [-0.25, -0.2) is 4.79 Å². The van der Waals surface area contributed by atoms with Crippen LogP contribution in [0.1, 0.15) is 21.5 Å². The van der Waals surface area contributed by atoms with E-state index in [4.69, 9.17) is 16.2 Å². The van der Waals surface area contributed by atoms with Crippen molar-refractivity contribution in [1.29, 1.82) is 0 Å². The monoisotopic (exact) mass is 492 g/mol. The lowest BCUT2D eigenvalue weighted by Gasteiger charge is -2.31. The molecule has 2 aromatic rings. The minimum absolute atomic E-state index is 0.0130. The molecule has 172 valence electrons. The summed E-state index contributed by atoms with van der Waals surface area (Å²) in [4.78, 5) is 10.3. The van der Waals surface area contributed by atoms with Crippen molar-refractivity contribution in [2.75, 3.05) is 5.73 Å². The number of carboxylic acids is 1. The van der Waals surface area contributed by atoms with Gasteiger partial charge in [-0.1, -0.05) is 30.4 Å². The zero-order valence-electron chi connectivity index (χ0n) is 16.5. The quantitative estimate of drug-likeness (QED) is 0.304. The molecule has 2 aromatic carbocycles. The topological polar surface area (TPSA) is 207 Å². The third-order valence-electron chi connectivity index (χ3n) is 5.09. The number of hydrogen-bond acceptors (Lipinski definition) is 8. The lowest BCUT2D eigenvalue weighted by molar-refractivity contribution is 0.0696. The normalized spacial score (nSPS) is 18.0. The van der Waals surface area contributed by atoms with Gasteiger partial charge in [0.1, 0.15) is 4.91 Å². The van der Waals surface area contributed by atoms with Gasteiger partial charge in [-0.2, -0.15) is 16.8 Å². The maximum Gasteiger partial charge on any atom is 0.336 e. The number of anilines is 1. The first-order chi connectivity index (χ1) is 15.3. The molecule has 1 heterocycles. The van der Waals surface area contributed by atoms with E-state index in [1.54, 1.807) is 0 Å². The second kappa shape index (κ2) is 7.54. The van der Waals surface area contributed by atoms with E-state index in [0.717, 1.165) is 0 Å². The van der Waals surface area contributed by atoms with E-state index in [-0.39, 0.29) is 27.8 Å². The summed E-state index contributed by atoms with van der Waals surface area (Å²) in [5, 5.41) is 9.70. The fourth-order valence-electron chi connectivity index (χ4n) is 3.81. The second-order valence-electron chi connectivity index (χ2n) is 7.13. The Morgan fingerprint density at radius 3 is 2.24 bits per heavy atom. The summed E-state index contributed by atoms with van der Waals surface area (Å²) in [6, 6.07) is 6.88. The van der Waals surface area contributed by atoms with E-state index in [0.29, 0.717) is 0 Å². The molecule has 0 amide bonds. The van der Waals surface area contributed by atoms with Crippen LogP contribution in [0.3, 0.4) is 0 Å². The van der Waals surface area contributed by atoms with Gasteiger partial charge in [-0.3, -0.25) is 9.11 Å². The third kappa shape index (κ3) is 3.71. The van der Waals surface area contributed by atoms with Crippen LogP contribution in [0.5, 0.6) is 5.75 Å². The molecular formula is C20H16N2O9S2. The number of carbonyl (C=O) groups is 1. The molecule has 1 aliphatic heterocycles. The molecule has 7 N–H and O–H groups in total. The lowest BCUT2D eigenvalue weighted by atomic mass is 9.85. The van der Waals surface area contributed by atoms with Crippen molar-refractivity contribution in [2.24, 2.45) is 5.73 Å². The minimum atomic E-state index is -4.98. The lowest BCUT2D eigenvalue weighted by Crippen LogP contribution is -2.32. The number of nitrogen functional groups attached to an aromatic ring is 1. The maximum absolute atomic E-state index is 12.1. The summed E-state index contributed by atoms with van der Waals surface area (Å²) in [7, 11) is -9.94. The molecule has 33 heavy (non-hydrogen) atoms. The predicted molar refractivity (Wildman–Crippen MR) is 116 cm³/mol. The molecule has 0 aromatic heterocycles. The Hall–Kier alpha value is -3.49. The molecule has 0 saturated heterocycles. The molecule has 1 unspecified atom stereocenters. The zero-order valence-corrected chi connectivity index (χ0v) is 18.1. The van der Waals surface area contributed by atoms with Gasteiger partial charge in [0, 0.05) is 16.7 Å². The van der Waals surface area contributed by atoms with Crippen LogP contribution in [0.15, 0.2) is 69.7 Å². The van der Waals surface area contributed by atoms with E-state index in [2.05, 4.69) is 0 Å². The van der Waals surface area contributed by atoms with Crippen molar-refractivity contribution in [3.63, 3.8) is 0 Å². The molecule has 0 bridgehead atoms. The molecular weight excluding hydrogens is 476 g/mol. The van der Waals surface area contributed by atoms with Gasteiger partial charge in [0.2, 0.25) is 0 Å². The van der Waals surface area contributed by atoms with E-state index in [9.17, 15) is 35.8 Å². The Kier molecular flexibility index (Phi) is 5.18. The summed E-state index contributed by atoms with van der Waals surface area (Å²) in [5.74, 6) is -2.38. The molecule has 0 spiro atoms. The standard InChI is InChI=1S/C20H16N2O9S2/c21-13-7-5-11-15(9-3-1-2-4-10(9)20(23)24)12-6-8-14(22)19(33(28,29)30)17(12)31-16(11)18(13)32(25,26)27/h1-8,13H,21-22H2,(H,23,24)(H,25,26,27)(H,28,29,30). The first-order valence-electron chi connectivity index (χ1n) is 9.13. The molecule has 0 saturated carbocycles. The van der Waals surface area contributed by atoms with Gasteiger partial charge in [-0.15, -0.1) is 0 Å². The number of aromatic carboxylic acids is 1. The van der Waals surface area contributed by atoms with Crippen molar-refractivity contribution < 1.29 is 40.6 Å². The largest absolute Gasteiger partial charge is 0.478 e. The van der Waals surface area contributed by atoms with Crippen molar-refractivity contribution in [3.8, 4) is 5.75 Å². The molecule has 11 nitrogen and oxygen atoms in total. The van der Waals surface area contributed by atoms with Crippen LogP contribution >= 0.6 is 0 Å². The Morgan fingerprint density at radius 1 is 0.970 bits per heavy atom. The van der Waals surface area contributed by atoms with Gasteiger partial charge in [-0.05, 0) is 23.8 Å². The number of carboxylic acid groups (broad SMARTS) is 1. The van der Waals surface area contributed by atoms with Crippen LogP contribution in [0.2, 0.25) is 0 Å². The summed E-state index contributed by atoms with van der Waals surface area (Å²) in [6.07, 6.45) is 2.62. The number of ether oxygens (including phenoxy) is 1. The number of fused-ring (bicyclic) bond motifs is 2. The molecule has 1 atom stereocenters. The molecule has 1 aliphatic carbocycles. The highest BCUT2D eigenvalue weighted by atomic mass is 32.2. The first kappa shape index (κ1) is 22.7. The van der Waals surface area contributed by atoms with E-state index in [1.807, 2.05) is 0 Å². The maximum atomic E-state index is 12.1. The van der Waals surface area contributed by atoms with Crippen molar-refractivity contribution in [3.05, 3.63) is 81.5 Å². The minimum Gasteiger partial charge on any atom is -0.478 e. The Bertz CT molecular complexity index is 1540. The Morgan fingerprint density at radius 2 is 1.64 bits per heavy atom. The van der Waals surface area contributed by atoms with Gasteiger partial charge in [0.05, 0.1) is 17.3 Å². The highest BCUT2D eigenvalue weighted by Crippen LogP contribution is 2.49. The average Bonchev–Trinajstić information content (AvgIpc) is 2.69. The van der Waals surface area contributed by atoms with Gasteiger partial charge >= 0.3 is 5.97 Å². The zero-order chi connectivity index (χ0) is 24.3. The summed E-state index contributed by atoms with van der Waals surface area (Å²) in [5.41, 5.74) is 11.2. The smallest absolute Gasteiger partial charge is 0.336 e. The van der Waals surface area contributed by atoms with Crippen LogP contribution in [0.4, 0.5) is 5.69 Å². The Balaban J connectivity index is 2.25. The van der Waals surface area contributed by atoms with Crippen LogP contribution in [0.25, 0.3) is 5.57 Å². The van der Waals surface area contributed by atoms with Gasteiger partial charge in [0.25, 0.3) is 20.2 Å². The van der Waals surface area contributed by atoms with Crippen LogP contribution in [-0.2, 0) is 20.2 Å². The number of allylic oxidation sites excluding steroid dienone is 1. The van der Waals surface area contributed by atoms with Gasteiger partial charge in [0.15, 0.2) is 16.4 Å². The average molecular weight is 492 g/mol. The van der Waals surface area contributed by atoms with E-state index in [1.165, 1.54) is 48.6 Å². The van der Waals surface area contributed by atoms with E-state index >= 15 is 0 Å². The number of rotatable bonds is 4. The third-order valence-corrected chi connectivity index (χ3v) is 7.04. The predicted octanol–water partition coefficient (Wildman–Crippen LogP) is 1.40. The molecule has 0 fully saturated rings. The van der Waals surface area contributed by atoms with Crippen molar-refractivity contribution in [2.45, 2.75) is 10.9 Å². The van der Waals surface area contributed by atoms with Crippen molar-refractivity contribution in [1.82, 2.24) is 0 Å². The molecule has 4 rings (SSSR count). The highest BCUT2D eigenvalue weighted by molar-refractivity contribution is 7.90. The Labute approximate surface area is 187 Å². The molecule has 0 radical (unpaired) electrons. The summed E-state index contributed by atoms with van der Waals surface area (Å²) < 4.78 is 73.7. The molecule has 13 heteroatoms. The summed E-state index contributed by atoms with van der Waals surface area (Å²) >= 11 is 0. The summed E-state index contributed by atoms with van der Waals surface area (Å²) in [6.45, 7) is 0. The number of nitrogens with two attached hydrogens (primary N) is 2. The fourth-order valence-corrected chi connectivity index (χ4v) is 5.37. The number of benzene rings is 2. The highest BCUT2D eigenvalue weighted by Gasteiger charge is 2.39. The van der Waals surface area contributed by atoms with Crippen LogP contribution in [-0.4, -0.2) is 43.1 Å². The van der Waals surface area contributed by atoms with Gasteiger partial charge < -0.3 is 21.3 Å². The van der Waals surface area contributed by atoms with Crippen molar-refractivity contribution >= 4 is 37.5 Å². The number of hydrogen-bond donors (Lipinski definition) is 5. The second-order valence-corrected chi connectivity index (χ2v) is 9.88. The fraction of sp³-hybridized carbons (Fsp3) is 0.0500.